The lowest BCUT2D eigenvalue weighted by Crippen LogP contribution is -1.97. The van der Waals surface area contributed by atoms with Crippen LogP contribution >= 0.6 is 0 Å². The summed E-state index contributed by atoms with van der Waals surface area (Å²) < 4.78 is 29.7. The molecule has 26 heavy (non-hydrogen) atoms. The molecule has 1 aliphatic rings. The van der Waals surface area contributed by atoms with Crippen molar-refractivity contribution in [2.75, 3.05) is 0 Å². The van der Waals surface area contributed by atoms with Crippen LogP contribution in [0.25, 0.3) is 11.1 Å². The average Bonchev–Trinajstić information content (AvgIpc) is 3.01. The minimum absolute atomic E-state index is 0.192. The monoisotopic (exact) mass is 367 g/mol. The van der Waals surface area contributed by atoms with Crippen LogP contribution in [0.1, 0.15) is 16.7 Å². The van der Waals surface area contributed by atoms with Gasteiger partial charge in [-0.2, -0.15) is 8.42 Å². The summed E-state index contributed by atoms with van der Waals surface area (Å²) in [6.07, 6.45) is 2.25. The molecule has 0 saturated heterocycles. The molecule has 0 aromatic heterocycles. The normalized spacial score (nSPS) is 12.2. The lowest BCUT2D eigenvalue weighted by molar-refractivity contribution is 0.322. The third-order valence-corrected chi connectivity index (χ3v) is 4.96. The van der Waals surface area contributed by atoms with E-state index in [9.17, 15) is 8.42 Å². The number of benzene rings is 3. The SMILES string of the molecule is O=S(=O)(O)c1ccc(C=NO)cc1.c1ccc2c(c1)Cc1ccccc1-2. The van der Waals surface area contributed by atoms with Crippen molar-refractivity contribution in [3.63, 3.8) is 0 Å². The van der Waals surface area contributed by atoms with Crippen molar-refractivity contribution in [2.24, 2.45) is 5.16 Å². The van der Waals surface area contributed by atoms with E-state index >= 15 is 0 Å². The molecule has 2 N–H and O–H groups in total. The molecule has 132 valence electrons. The van der Waals surface area contributed by atoms with Crippen LogP contribution in [0.2, 0.25) is 0 Å². The second-order valence-corrected chi connectivity index (χ2v) is 7.20. The highest BCUT2D eigenvalue weighted by atomic mass is 32.2. The standard InChI is InChI=1S/C13H10.C7H7NO4S/c1-3-7-12-10(5-1)9-11-6-2-4-8-13(11)12;9-8-5-6-1-3-7(4-2-6)13(10,11)12/h1-8H,9H2;1-5,9H,(H,10,11,12). The number of rotatable bonds is 2. The fraction of sp³-hybridized carbons (Fsp3) is 0.0500. The van der Waals surface area contributed by atoms with Crippen LogP contribution in [0.4, 0.5) is 0 Å². The summed E-state index contributed by atoms with van der Waals surface area (Å²) >= 11 is 0. The fourth-order valence-electron chi connectivity index (χ4n) is 2.87. The van der Waals surface area contributed by atoms with Gasteiger partial charge in [0, 0.05) is 0 Å². The topological polar surface area (TPSA) is 87.0 Å². The quantitative estimate of drug-likeness (QED) is 0.243. The summed E-state index contributed by atoms with van der Waals surface area (Å²) in [6, 6.07) is 22.6. The molecule has 0 unspecified atom stereocenters. The third kappa shape index (κ3) is 3.99. The van der Waals surface area contributed by atoms with Crippen molar-refractivity contribution in [2.45, 2.75) is 11.3 Å². The Labute approximate surface area is 152 Å². The second-order valence-electron chi connectivity index (χ2n) is 5.78. The predicted molar refractivity (Wildman–Crippen MR) is 100 cm³/mol. The zero-order valence-electron chi connectivity index (χ0n) is 13.8. The molecule has 0 amide bonds. The van der Waals surface area contributed by atoms with Crippen molar-refractivity contribution in [1.82, 2.24) is 0 Å². The molecule has 4 rings (SSSR count). The van der Waals surface area contributed by atoms with Gasteiger partial charge in [-0.1, -0.05) is 65.8 Å². The van der Waals surface area contributed by atoms with E-state index < -0.39 is 10.1 Å². The maximum absolute atomic E-state index is 10.6. The summed E-state index contributed by atoms with van der Waals surface area (Å²) in [6.45, 7) is 0. The van der Waals surface area contributed by atoms with Crippen LogP contribution in [0.5, 0.6) is 0 Å². The molecule has 0 fully saturated rings. The van der Waals surface area contributed by atoms with Crippen LogP contribution in [0.3, 0.4) is 0 Å². The molecule has 0 saturated carbocycles. The Morgan fingerprint density at radius 3 is 1.77 bits per heavy atom. The van der Waals surface area contributed by atoms with Crippen molar-refractivity contribution in [3.8, 4) is 11.1 Å². The molecule has 3 aromatic rings. The van der Waals surface area contributed by atoms with E-state index in [1.165, 1.54) is 46.5 Å². The van der Waals surface area contributed by atoms with Crippen LogP contribution in [0, 0.1) is 0 Å². The average molecular weight is 367 g/mol. The van der Waals surface area contributed by atoms with Crippen LogP contribution < -0.4 is 0 Å². The zero-order chi connectivity index (χ0) is 18.6. The first-order valence-corrected chi connectivity index (χ1v) is 9.34. The molecular weight excluding hydrogens is 350 g/mol. The van der Waals surface area contributed by atoms with Crippen LogP contribution in [-0.2, 0) is 16.5 Å². The predicted octanol–water partition coefficient (Wildman–Crippen LogP) is 4.00. The smallest absolute Gasteiger partial charge is 0.294 e. The van der Waals surface area contributed by atoms with E-state index in [1.807, 2.05) is 0 Å². The largest absolute Gasteiger partial charge is 0.411 e. The number of fused-ring (bicyclic) bond motifs is 3. The Kier molecular flexibility index (Phi) is 5.16. The van der Waals surface area contributed by atoms with E-state index in [1.54, 1.807) is 0 Å². The molecule has 3 aromatic carbocycles. The second kappa shape index (κ2) is 7.51. The van der Waals surface area contributed by atoms with E-state index in [2.05, 4.69) is 53.7 Å². The highest BCUT2D eigenvalue weighted by Gasteiger charge is 2.15. The van der Waals surface area contributed by atoms with Crippen molar-refractivity contribution < 1.29 is 18.2 Å². The van der Waals surface area contributed by atoms with Gasteiger partial charge in [0.05, 0.1) is 11.1 Å². The maximum Gasteiger partial charge on any atom is 0.294 e. The van der Waals surface area contributed by atoms with Crippen LogP contribution in [-0.4, -0.2) is 24.4 Å². The van der Waals surface area contributed by atoms with E-state index in [-0.39, 0.29) is 4.90 Å². The first-order chi connectivity index (χ1) is 12.5. The number of oxime groups is 1. The molecular formula is C20H17NO4S. The van der Waals surface area contributed by atoms with E-state index in [0.717, 1.165) is 12.6 Å². The Balaban J connectivity index is 0.000000151. The molecule has 0 spiro atoms. The highest BCUT2D eigenvalue weighted by Crippen LogP contribution is 2.35. The van der Waals surface area contributed by atoms with Crippen molar-refractivity contribution >= 4 is 16.3 Å². The van der Waals surface area contributed by atoms with Crippen LogP contribution in [0.15, 0.2) is 82.8 Å². The molecule has 6 heteroatoms. The van der Waals surface area contributed by atoms with Gasteiger partial charge >= 0.3 is 0 Å². The van der Waals surface area contributed by atoms with Gasteiger partial charge in [0.15, 0.2) is 0 Å². The van der Waals surface area contributed by atoms with E-state index in [0.29, 0.717) is 5.56 Å². The molecule has 0 radical (unpaired) electrons. The fourth-order valence-corrected chi connectivity index (χ4v) is 3.35. The number of nitrogens with zero attached hydrogens (tertiary/aromatic N) is 1. The Bertz CT molecular complexity index is 998. The van der Waals surface area contributed by atoms with Gasteiger partial charge in [-0.05, 0) is 46.4 Å². The summed E-state index contributed by atoms with van der Waals surface area (Å²) in [5, 5.41) is 10.9. The van der Waals surface area contributed by atoms with Crippen molar-refractivity contribution in [1.29, 1.82) is 0 Å². The summed E-state index contributed by atoms with van der Waals surface area (Å²) in [4.78, 5) is -0.192. The summed E-state index contributed by atoms with van der Waals surface area (Å²) in [5.74, 6) is 0. The summed E-state index contributed by atoms with van der Waals surface area (Å²) in [7, 11) is -4.14. The minimum Gasteiger partial charge on any atom is -0.411 e. The Hall–Kier alpha value is -2.96. The van der Waals surface area contributed by atoms with Gasteiger partial charge < -0.3 is 5.21 Å². The lowest BCUT2D eigenvalue weighted by atomic mass is 10.1. The van der Waals surface area contributed by atoms with Gasteiger partial charge in [-0.15, -0.1) is 0 Å². The molecule has 0 heterocycles. The first kappa shape index (κ1) is 17.8. The maximum atomic E-state index is 10.6. The number of hydrogen-bond acceptors (Lipinski definition) is 4. The van der Waals surface area contributed by atoms with Gasteiger partial charge in [0.25, 0.3) is 10.1 Å². The molecule has 0 atom stereocenters. The molecule has 5 nitrogen and oxygen atoms in total. The molecule has 0 aliphatic heterocycles. The number of hydrogen-bond donors (Lipinski definition) is 2. The lowest BCUT2D eigenvalue weighted by Gasteiger charge is -1.98. The van der Waals surface area contributed by atoms with E-state index in [4.69, 9.17) is 9.76 Å². The zero-order valence-corrected chi connectivity index (χ0v) is 14.6. The highest BCUT2D eigenvalue weighted by molar-refractivity contribution is 7.85. The van der Waals surface area contributed by atoms with Crippen molar-refractivity contribution in [3.05, 3.63) is 89.5 Å². The van der Waals surface area contributed by atoms with Gasteiger partial charge in [0.1, 0.15) is 0 Å². The molecule has 0 bridgehead atoms. The minimum atomic E-state index is -4.14. The Morgan fingerprint density at radius 1 is 0.808 bits per heavy atom. The van der Waals surface area contributed by atoms with Gasteiger partial charge in [-0.25, -0.2) is 0 Å². The summed E-state index contributed by atoms with van der Waals surface area (Å²) in [5.41, 5.74) is 6.29. The van der Waals surface area contributed by atoms with Gasteiger partial charge in [0.2, 0.25) is 0 Å². The van der Waals surface area contributed by atoms with Gasteiger partial charge in [-0.3, -0.25) is 4.55 Å². The molecule has 1 aliphatic carbocycles. The Morgan fingerprint density at radius 2 is 1.31 bits per heavy atom. The first-order valence-electron chi connectivity index (χ1n) is 7.90. The third-order valence-electron chi connectivity index (χ3n) is 4.09.